The van der Waals surface area contributed by atoms with Crippen LogP contribution in [0.2, 0.25) is 0 Å². The van der Waals surface area contributed by atoms with Crippen molar-refractivity contribution in [1.29, 1.82) is 0 Å². The Bertz CT molecular complexity index is 344. The van der Waals surface area contributed by atoms with Gasteiger partial charge in [0.25, 0.3) is 0 Å². The number of hydrogen-bond acceptors (Lipinski definition) is 2. The largest absolute Gasteiger partial charge is 0.377 e. The van der Waals surface area contributed by atoms with Crippen LogP contribution in [-0.4, -0.2) is 17.7 Å². The first kappa shape index (κ1) is 13.7. The molecule has 0 unspecified atom stereocenters. The molecule has 0 saturated heterocycles. The van der Waals surface area contributed by atoms with Gasteiger partial charge in [0, 0.05) is 6.42 Å². The molecule has 1 aromatic carbocycles. The summed E-state index contributed by atoms with van der Waals surface area (Å²) in [5.74, 6) is 0.551. The number of aryl methyl sites for hydroxylation is 1. The Hall–Kier alpha value is -1.35. The monoisotopic (exact) mass is 235 g/mol. The minimum atomic E-state index is -0.286. The van der Waals surface area contributed by atoms with E-state index in [-0.39, 0.29) is 12.6 Å². The molecule has 0 saturated carbocycles. The van der Waals surface area contributed by atoms with Gasteiger partial charge in [-0.2, -0.15) is 0 Å². The molecule has 0 bridgehead atoms. The summed E-state index contributed by atoms with van der Waals surface area (Å²) >= 11 is 0. The first-order valence-corrected chi connectivity index (χ1v) is 6.07. The molecule has 0 aliphatic heterocycles. The third-order valence-corrected chi connectivity index (χ3v) is 2.58. The van der Waals surface area contributed by atoms with Crippen LogP contribution in [-0.2, 0) is 17.6 Å². The molecule has 3 heteroatoms. The Balaban J connectivity index is 2.42. The second kappa shape index (κ2) is 7.07. The normalized spacial score (nSPS) is 10.6. The van der Waals surface area contributed by atoms with Crippen LogP contribution in [0.3, 0.4) is 0 Å². The third kappa shape index (κ3) is 5.50. The zero-order chi connectivity index (χ0) is 12.7. The smallest absolute Gasteiger partial charge is 0.222 e. The van der Waals surface area contributed by atoms with Gasteiger partial charge in [0.1, 0.15) is 6.73 Å². The number of rotatable bonds is 6. The van der Waals surface area contributed by atoms with Gasteiger partial charge in [-0.15, -0.1) is 0 Å². The summed E-state index contributed by atoms with van der Waals surface area (Å²) in [4.78, 5) is 11.2. The van der Waals surface area contributed by atoms with E-state index in [2.05, 4.69) is 43.4 Å². The van der Waals surface area contributed by atoms with Gasteiger partial charge < -0.3 is 10.4 Å². The first-order chi connectivity index (χ1) is 8.11. The highest BCUT2D eigenvalue weighted by molar-refractivity contribution is 5.75. The summed E-state index contributed by atoms with van der Waals surface area (Å²) in [6.45, 7) is 4.12. The van der Waals surface area contributed by atoms with Crippen LogP contribution in [0, 0.1) is 5.92 Å². The van der Waals surface area contributed by atoms with Gasteiger partial charge in [0.15, 0.2) is 0 Å². The molecule has 1 amide bonds. The molecule has 3 nitrogen and oxygen atoms in total. The van der Waals surface area contributed by atoms with Crippen molar-refractivity contribution >= 4 is 5.91 Å². The van der Waals surface area contributed by atoms with Gasteiger partial charge in [0.05, 0.1) is 0 Å². The van der Waals surface area contributed by atoms with E-state index < -0.39 is 0 Å². The minimum Gasteiger partial charge on any atom is -0.377 e. The SMILES string of the molecule is CC(C)Cc1ccc(CCC(=O)NCO)cc1. The molecular weight excluding hydrogens is 214 g/mol. The number of nitrogens with one attached hydrogen (secondary N) is 1. The van der Waals surface area contributed by atoms with E-state index in [1.165, 1.54) is 5.56 Å². The van der Waals surface area contributed by atoms with Crippen LogP contribution >= 0.6 is 0 Å². The topological polar surface area (TPSA) is 49.3 Å². The minimum absolute atomic E-state index is 0.112. The van der Waals surface area contributed by atoms with Gasteiger partial charge in [-0.3, -0.25) is 4.79 Å². The molecule has 0 aromatic heterocycles. The lowest BCUT2D eigenvalue weighted by Crippen LogP contribution is -2.24. The van der Waals surface area contributed by atoms with Crippen molar-refractivity contribution in [2.75, 3.05) is 6.73 Å². The lowest BCUT2D eigenvalue weighted by Gasteiger charge is -2.06. The molecule has 1 aromatic rings. The summed E-state index contributed by atoms with van der Waals surface area (Å²) in [5.41, 5.74) is 2.49. The highest BCUT2D eigenvalue weighted by atomic mass is 16.3. The Morgan fingerprint density at radius 2 is 1.82 bits per heavy atom. The van der Waals surface area contributed by atoms with Crippen molar-refractivity contribution in [3.63, 3.8) is 0 Å². The molecule has 2 N–H and O–H groups in total. The zero-order valence-corrected chi connectivity index (χ0v) is 10.6. The second-order valence-electron chi connectivity index (χ2n) is 4.67. The molecule has 17 heavy (non-hydrogen) atoms. The molecule has 1 rings (SSSR count). The fraction of sp³-hybridized carbons (Fsp3) is 0.500. The molecule has 0 fully saturated rings. The van der Waals surface area contributed by atoms with E-state index >= 15 is 0 Å². The highest BCUT2D eigenvalue weighted by Crippen LogP contribution is 2.10. The van der Waals surface area contributed by atoms with E-state index in [1.54, 1.807) is 0 Å². The van der Waals surface area contributed by atoms with Crippen LogP contribution < -0.4 is 5.32 Å². The number of carbonyl (C=O) groups excluding carboxylic acids is 1. The summed E-state index contributed by atoms with van der Waals surface area (Å²) in [6, 6.07) is 8.40. The lowest BCUT2D eigenvalue weighted by atomic mass is 10.0. The summed E-state index contributed by atoms with van der Waals surface area (Å²) < 4.78 is 0. The van der Waals surface area contributed by atoms with Crippen molar-refractivity contribution in [2.24, 2.45) is 5.92 Å². The third-order valence-electron chi connectivity index (χ3n) is 2.58. The van der Waals surface area contributed by atoms with Gasteiger partial charge in [-0.25, -0.2) is 0 Å². The summed E-state index contributed by atoms with van der Waals surface area (Å²) in [5, 5.41) is 10.9. The number of benzene rings is 1. The lowest BCUT2D eigenvalue weighted by molar-refractivity contribution is -0.122. The Labute approximate surface area is 103 Å². The Morgan fingerprint density at radius 3 is 2.35 bits per heavy atom. The Morgan fingerprint density at radius 1 is 1.24 bits per heavy atom. The highest BCUT2D eigenvalue weighted by Gasteiger charge is 2.02. The van der Waals surface area contributed by atoms with E-state index in [9.17, 15) is 4.79 Å². The number of aliphatic hydroxyl groups is 1. The molecule has 94 valence electrons. The van der Waals surface area contributed by atoms with Gasteiger partial charge in [0.2, 0.25) is 5.91 Å². The quantitative estimate of drug-likeness (QED) is 0.740. The van der Waals surface area contributed by atoms with Gasteiger partial charge in [-0.1, -0.05) is 38.1 Å². The van der Waals surface area contributed by atoms with Crippen LogP contribution in [0.25, 0.3) is 0 Å². The Kier molecular flexibility index (Phi) is 5.70. The van der Waals surface area contributed by atoms with E-state index in [4.69, 9.17) is 5.11 Å². The maximum atomic E-state index is 11.2. The van der Waals surface area contributed by atoms with Crippen molar-refractivity contribution < 1.29 is 9.90 Å². The van der Waals surface area contributed by atoms with Crippen molar-refractivity contribution in [1.82, 2.24) is 5.32 Å². The number of hydrogen-bond donors (Lipinski definition) is 2. The summed E-state index contributed by atoms with van der Waals surface area (Å²) in [7, 11) is 0. The van der Waals surface area contributed by atoms with E-state index in [0.29, 0.717) is 18.8 Å². The molecule has 0 radical (unpaired) electrons. The number of aliphatic hydroxyl groups excluding tert-OH is 1. The molecular formula is C14H21NO2. The second-order valence-corrected chi connectivity index (χ2v) is 4.67. The zero-order valence-electron chi connectivity index (χ0n) is 10.6. The van der Waals surface area contributed by atoms with E-state index in [1.807, 2.05) is 0 Å². The molecule has 0 heterocycles. The predicted molar refractivity (Wildman–Crippen MR) is 68.5 cm³/mol. The van der Waals surface area contributed by atoms with Crippen LogP contribution in [0.4, 0.5) is 0 Å². The van der Waals surface area contributed by atoms with Gasteiger partial charge >= 0.3 is 0 Å². The van der Waals surface area contributed by atoms with Crippen LogP contribution in [0.1, 0.15) is 31.4 Å². The standard InChI is InChI=1S/C14H21NO2/c1-11(2)9-13-5-3-12(4-6-13)7-8-14(17)15-10-16/h3-6,11,16H,7-10H2,1-2H3,(H,15,17). The van der Waals surface area contributed by atoms with Crippen LogP contribution in [0.5, 0.6) is 0 Å². The van der Waals surface area contributed by atoms with Gasteiger partial charge in [-0.05, 0) is 29.9 Å². The molecule has 0 spiro atoms. The van der Waals surface area contributed by atoms with Crippen molar-refractivity contribution in [3.05, 3.63) is 35.4 Å². The summed E-state index contributed by atoms with van der Waals surface area (Å²) in [6.07, 6.45) is 2.23. The number of amides is 1. The fourth-order valence-electron chi connectivity index (χ4n) is 1.75. The number of carbonyl (C=O) groups is 1. The molecule has 0 aliphatic carbocycles. The van der Waals surface area contributed by atoms with Crippen molar-refractivity contribution in [2.45, 2.75) is 33.1 Å². The maximum Gasteiger partial charge on any atom is 0.222 e. The average Bonchev–Trinajstić information content (AvgIpc) is 2.28. The predicted octanol–water partition coefficient (Wildman–Crippen LogP) is 1.88. The average molecular weight is 235 g/mol. The molecule has 0 aliphatic rings. The fourth-order valence-corrected chi connectivity index (χ4v) is 1.75. The van der Waals surface area contributed by atoms with Crippen molar-refractivity contribution in [3.8, 4) is 0 Å². The molecule has 0 atom stereocenters. The maximum absolute atomic E-state index is 11.2. The van der Waals surface area contributed by atoms with Crippen LogP contribution in [0.15, 0.2) is 24.3 Å². The first-order valence-electron chi connectivity index (χ1n) is 6.07. The van der Waals surface area contributed by atoms with E-state index in [0.717, 1.165) is 12.0 Å².